The minimum Gasteiger partial charge on any atom is -0.469 e. The molecule has 140 valence electrons. The highest BCUT2D eigenvalue weighted by molar-refractivity contribution is 7.59. The topological polar surface area (TPSA) is 78.9 Å². The molecule has 0 radical (unpaired) electrons. The Labute approximate surface area is 145 Å². The lowest BCUT2D eigenvalue weighted by atomic mass is 10.2. The molecule has 0 aliphatic carbocycles. The quantitative estimate of drug-likeness (QED) is 0.227. The van der Waals surface area contributed by atoms with Crippen LogP contribution >= 0.6 is 7.37 Å². The summed E-state index contributed by atoms with van der Waals surface area (Å²) in [5.74, 6) is -0.565. The molecule has 0 N–H and O–H groups in total. The van der Waals surface area contributed by atoms with Crippen molar-refractivity contribution in [2.45, 2.75) is 47.0 Å². The van der Waals surface area contributed by atoms with Gasteiger partial charge in [-0.3, -0.25) is 9.36 Å². The molecule has 0 fully saturated rings. The van der Waals surface area contributed by atoms with Crippen LogP contribution in [0.4, 0.5) is 0 Å². The third kappa shape index (κ3) is 9.89. The van der Waals surface area contributed by atoms with Gasteiger partial charge in [0.05, 0.1) is 26.5 Å². The summed E-state index contributed by atoms with van der Waals surface area (Å²) in [7, 11) is -1.60. The molecule has 1 unspecified atom stereocenters. The molecule has 0 aromatic heterocycles. The van der Waals surface area contributed by atoms with Crippen LogP contribution in [0.2, 0.25) is 0 Å². The summed E-state index contributed by atoms with van der Waals surface area (Å²) in [6.45, 7) is 8.04. The largest absolute Gasteiger partial charge is 0.469 e. The van der Waals surface area contributed by atoms with Gasteiger partial charge in [-0.2, -0.15) is 0 Å². The van der Waals surface area contributed by atoms with E-state index in [1.807, 2.05) is 13.8 Å². The Morgan fingerprint density at radius 3 is 2.33 bits per heavy atom. The fourth-order valence-electron chi connectivity index (χ4n) is 2.28. The number of ether oxygens (including phenoxy) is 2. The Morgan fingerprint density at radius 1 is 1.17 bits per heavy atom. The predicted molar refractivity (Wildman–Crippen MR) is 94.4 cm³/mol. The number of rotatable bonds is 12. The second-order valence-electron chi connectivity index (χ2n) is 5.89. The smallest absolute Gasteiger partial charge is 0.334 e. The summed E-state index contributed by atoms with van der Waals surface area (Å²) < 4.78 is 28.1. The van der Waals surface area contributed by atoms with E-state index in [9.17, 15) is 14.2 Å². The molecule has 1 atom stereocenters. The SMILES string of the molecule is CCOC(=O)/C(=C/CCCC(=O)OC)CP(=O)(CC(C)C)OCC. The van der Waals surface area contributed by atoms with Crippen molar-refractivity contribution in [1.29, 1.82) is 0 Å². The van der Waals surface area contributed by atoms with Crippen molar-refractivity contribution >= 4 is 19.3 Å². The maximum atomic E-state index is 13.0. The third-order valence-electron chi connectivity index (χ3n) is 3.16. The minimum absolute atomic E-state index is 0.0656. The van der Waals surface area contributed by atoms with Crippen LogP contribution in [-0.4, -0.2) is 44.6 Å². The van der Waals surface area contributed by atoms with Crippen molar-refractivity contribution in [1.82, 2.24) is 0 Å². The lowest BCUT2D eigenvalue weighted by Crippen LogP contribution is -2.15. The zero-order chi connectivity index (χ0) is 18.6. The maximum Gasteiger partial charge on any atom is 0.334 e. The van der Waals surface area contributed by atoms with Gasteiger partial charge in [0.1, 0.15) is 0 Å². The molecule has 7 heteroatoms. The molecule has 6 nitrogen and oxygen atoms in total. The van der Waals surface area contributed by atoms with E-state index in [1.165, 1.54) is 7.11 Å². The number of carbonyl (C=O) groups is 2. The average molecular weight is 362 g/mol. The molecule has 0 heterocycles. The number of unbranched alkanes of at least 4 members (excludes halogenated alkanes) is 1. The summed E-state index contributed by atoms with van der Waals surface area (Å²) in [6, 6.07) is 0. The molecular weight excluding hydrogens is 331 g/mol. The molecule has 0 aliphatic heterocycles. The number of allylic oxidation sites excluding steroid dienone is 1. The number of esters is 2. The van der Waals surface area contributed by atoms with Gasteiger partial charge in [-0.15, -0.1) is 0 Å². The van der Waals surface area contributed by atoms with Crippen molar-refractivity contribution < 1.29 is 28.2 Å². The normalized spacial score (nSPS) is 14.3. The van der Waals surface area contributed by atoms with E-state index in [-0.39, 0.29) is 31.1 Å². The highest BCUT2D eigenvalue weighted by Gasteiger charge is 2.28. The molecule has 0 spiro atoms. The first-order chi connectivity index (χ1) is 11.3. The monoisotopic (exact) mass is 362 g/mol. The molecule has 0 aromatic rings. The van der Waals surface area contributed by atoms with Crippen molar-refractivity contribution in [3.63, 3.8) is 0 Å². The summed E-state index contributed by atoms with van der Waals surface area (Å²) in [4.78, 5) is 23.3. The number of methoxy groups -OCH3 is 1. The average Bonchev–Trinajstić information content (AvgIpc) is 2.49. The molecule has 0 aliphatic rings. The van der Waals surface area contributed by atoms with Crippen molar-refractivity contribution in [3.05, 3.63) is 11.6 Å². The Morgan fingerprint density at radius 2 is 1.83 bits per heavy atom. The second kappa shape index (κ2) is 12.3. The first kappa shape index (κ1) is 22.9. The van der Waals surface area contributed by atoms with Crippen molar-refractivity contribution in [2.24, 2.45) is 5.92 Å². The Bertz CT molecular complexity index is 470. The fraction of sp³-hybridized carbons (Fsp3) is 0.765. The maximum absolute atomic E-state index is 13.0. The Balaban J connectivity index is 5.06. The molecule has 0 saturated carbocycles. The van der Waals surface area contributed by atoms with E-state index in [0.29, 0.717) is 31.2 Å². The van der Waals surface area contributed by atoms with Crippen LogP contribution < -0.4 is 0 Å². The number of carbonyl (C=O) groups excluding carboxylic acids is 2. The first-order valence-corrected chi connectivity index (χ1v) is 10.4. The van der Waals surface area contributed by atoms with Crippen LogP contribution in [0.5, 0.6) is 0 Å². The molecule has 0 amide bonds. The van der Waals surface area contributed by atoms with Crippen LogP contribution in [0.15, 0.2) is 11.6 Å². The standard InChI is InChI=1S/C17H31O6P/c1-6-22-17(19)15(10-8-9-11-16(18)21-5)13-24(20,23-7-2)12-14(3)4/h10,14H,6-9,11-13H2,1-5H3/b15-10+. The summed E-state index contributed by atoms with van der Waals surface area (Å²) in [5.41, 5.74) is 0.360. The molecule has 0 rings (SSSR count). The van der Waals surface area contributed by atoms with Crippen molar-refractivity contribution in [3.8, 4) is 0 Å². The van der Waals surface area contributed by atoms with Gasteiger partial charge in [0.15, 0.2) is 0 Å². The van der Waals surface area contributed by atoms with Gasteiger partial charge >= 0.3 is 11.9 Å². The van der Waals surface area contributed by atoms with Crippen LogP contribution in [0, 0.1) is 5.92 Å². The summed E-state index contributed by atoms with van der Waals surface area (Å²) >= 11 is 0. The van der Waals surface area contributed by atoms with Gasteiger partial charge < -0.3 is 14.0 Å². The van der Waals surface area contributed by atoms with Crippen LogP contribution in [0.3, 0.4) is 0 Å². The Hall–Kier alpha value is -1.13. The lowest BCUT2D eigenvalue weighted by Gasteiger charge is -2.20. The fourth-order valence-corrected chi connectivity index (χ4v) is 4.96. The van der Waals surface area contributed by atoms with Gasteiger partial charge in [0.25, 0.3) is 0 Å². The third-order valence-corrected chi connectivity index (χ3v) is 6.00. The zero-order valence-electron chi connectivity index (χ0n) is 15.5. The molecule has 0 aromatic carbocycles. The Kier molecular flexibility index (Phi) is 11.7. The molecule has 0 bridgehead atoms. The van der Waals surface area contributed by atoms with Crippen LogP contribution in [-0.2, 0) is 28.2 Å². The summed E-state index contributed by atoms with van der Waals surface area (Å²) in [6.07, 6.45) is 3.52. The highest BCUT2D eigenvalue weighted by Crippen LogP contribution is 2.50. The number of hydrogen-bond acceptors (Lipinski definition) is 6. The van der Waals surface area contributed by atoms with E-state index in [4.69, 9.17) is 9.26 Å². The zero-order valence-corrected chi connectivity index (χ0v) is 16.4. The first-order valence-electron chi connectivity index (χ1n) is 8.43. The van der Waals surface area contributed by atoms with Crippen LogP contribution in [0.25, 0.3) is 0 Å². The van der Waals surface area contributed by atoms with E-state index in [0.717, 1.165) is 0 Å². The number of hydrogen-bond donors (Lipinski definition) is 0. The molecular formula is C17H31O6P. The van der Waals surface area contributed by atoms with Crippen molar-refractivity contribution in [2.75, 3.05) is 32.6 Å². The van der Waals surface area contributed by atoms with E-state index in [1.54, 1.807) is 19.9 Å². The molecule has 0 saturated heterocycles. The highest BCUT2D eigenvalue weighted by atomic mass is 31.2. The van der Waals surface area contributed by atoms with Gasteiger partial charge in [-0.25, -0.2) is 4.79 Å². The molecule has 24 heavy (non-hydrogen) atoms. The van der Waals surface area contributed by atoms with Gasteiger partial charge in [0, 0.05) is 18.2 Å². The van der Waals surface area contributed by atoms with E-state index < -0.39 is 13.3 Å². The van der Waals surface area contributed by atoms with E-state index >= 15 is 0 Å². The van der Waals surface area contributed by atoms with Gasteiger partial charge in [0.2, 0.25) is 7.37 Å². The van der Waals surface area contributed by atoms with E-state index in [2.05, 4.69) is 4.74 Å². The minimum atomic E-state index is -2.94. The lowest BCUT2D eigenvalue weighted by molar-refractivity contribution is -0.140. The predicted octanol–water partition coefficient (Wildman–Crippen LogP) is 3.79. The van der Waals surface area contributed by atoms with Crippen LogP contribution in [0.1, 0.15) is 47.0 Å². The summed E-state index contributed by atoms with van der Waals surface area (Å²) in [5, 5.41) is 0. The van der Waals surface area contributed by atoms with Gasteiger partial charge in [-0.05, 0) is 32.6 Å². The second-order valence-corrected chi connectivity index (χ2v) is 8.45. The van der Waals surface area contributed by atoms with Gasteiger partial charge in [-0.1, -0.05) is 19.9 Å².